The number of nitrogens with one attached hydrogen (secondary N) is 1. The molecule has 0 amide bonds. The second-order valence-electron chi connectivity index (χ2n) is 4.58. The minimum Gasteiger partial charge on any atom is -0.447 e. The zero-order valence-electron chi connectivity index (χ0n) is 11.9. The number of carbonyl (C=O) groups is 1. The van der Waals surface area contributed by atoms with Crippen LogP contribution in [0.3, 0.4) is 0 Å². The SMILES string of the molecule is N#CCOC(=O)c1ccccc1NCCc1ccc(Cl)cc1. The number of nitrogens with zero attached hydrogens (tertiary/aromatic N) is 1. The number of halogens is 1. The van der Waals surface area contributed by atoms with E-state index in [2.05, 4.69) is 5.32 Å². The van der Waals surface area contributed by atoms with Crippen molar-refractivity contribution in [2.45, 2.75) is 6.42 Å². The average molecular weight is 315 g/mol. The van der Waals surface area contributed by atoms with Gasteiger partial charge in [-0.15, -0.1) is 0 Å². The van der Waals surface area contributed by atoms with Crippen LogP contribution < -0.4 is 5.32 Å². The summed E-state index contributed by atoms with van der Waals surface area (Å²) in [6.45, 7) is 0.419. The summed E-state index contributed by atoms with van der Waals surface area (Å²) >= 11 is 5.85. The summed E-state index contributed by atoms with van der Waals surface area (Å²) in [5.41, 5.74) is 2.27. The van der Waals surface area contributed by atoms with Gasteiger partial charge in [-0.05, 0) is 36.2 Å². The molecule has 5 heteroatoms. The normalized spacial score (nSPS) is 9.82. The summed E-state index contributed by atoms with van der Waals surface area (Å²) in [6.07, 6.45) is 0.804. The number of carbonyl (C=O) groups excluding carboxylic acids is 1. The maximum absolute atomic E-state index is 11.9. The van der Waals surface area contributed by atoms with E-state index in [9.17, 15) is 4.79 Å². The minimum atomic E-state index is -0.504. The van der Waals surface area contributed by atoms with Crippen molar-refractivity contribution < 1.29 is 9.53 Å². The third kappa shape index (κ3) is 4.51. The highest BCUT2D eigenvalue weighted by Gasteiger charge is 2.11. The fraction of sp³-hybridized carbons (Fsp3) is 0.176. The molecule has 112 valence electrons. The Morgan fingerprint density at radius 2 is 1.91 bits per heavy atom. The molecule has 1 N–H and O–H groups in total. The Kier molecular flexibility index (Phi) is 5.81. The predicted octanol–water partition coefficient (Wildman–Crippen LogP) is 3.67. The summed E-state index contributed by atoms with van der Waals surface area (Å²) in [5.74, 6) is -0.504. The molecule has 0 spiro atoms. The van der Waals surface area contributed by atoms with Gasteiger partial charge in [0, 0.05) is 17.3 Å². The number of hydrogen-bond acceptors (Lipinski definition) is 4. The van der Waals surface area contributed by atoms with Gasteiger partial charge in [-0.2, -0.15) is 5.26 Å². The largest absolute Gasteiger partial charge is 0.447 e. The lowest BCUT2D eigenvalue weighted by Crippen LogP contribution is -2.12. The molecule has 2 aromatic carbocycles. The maximum atomic E-state index is 11.9. The van der Waals surface area contributed by atoms with E-state index in [0.717, 1.165) is 12.0 Å². The van der Waals surface area contributed by atoms with E-state index < -0.39 is 5.97 Å². The number of esters is 1. The standard InChI is InChI=1S/C17H15ClN2O2/c18-14-7-5-13(6-8-14)9-11-20-16-4-2-1-3-15(16)17(21)22-12-10-19/h1-8,20H,9,11-12H2. The first-order chi connectivity index (χ1) is 10.7. The van der Waals surface area contributed by atoms with Gasteiger partial charge in [0.1, 0.15) is 6.07 Å². The van der Waals surface area contributed by atoms with Crippen LogP contribution in [-0.4, -0.2) is 19.1 Å². The highest BCUT2D eigenvalue weighted by molar-refractivity contribution is 6.30. The number of nitriles is 1. The van der Waals surface area contributed by atoms with E-state index in [4.69, 9.17) is 21.6 Å². The fourth-order valence-electron chi connectivity index (χ4n) is 1.98. The summed E-state index contributed by atoms with van der Waals surface area (Å²) in [5, 5.41) is 12.4. The van der Waals surface area contributed by atoms with E-state index >= 15 is 0 Å². The van der Waals surface area contributed by atoms with Gasteiger partial charge in [0.15, 0.2) is 6.61 Å². The molecule has 0 unspecified atom stereocenters. The first kappa shape index (κ1) is 15.9. The third-order valence-electron chi connectivity index (χ3n) is 3.06. The molecule has 0 aliphatic heterocycles. The van der Waals surface area contributed by atoms with Crippen LogP contribution in [0.5, 0.6) is 0 Å². The Labute approximate surface area is 134 Å². The lowest BCUT2D eigenvalue weighted by atomic mass is 10.1. The molecule has 0 radical (unpaired) electrons. The molecule has 0 saturated heterocycles. The molecule has 2 rings (SSSR count). The van der Waals surface area contributed by atoms with Crippen molar-refractivity contribution in [2.75, 3.05) is 18.5 Å². The summed E-state index contributed by atoms with van der Waals surface area (Å²) in [6, 6.07) is 16.5. The first-order valence-electron chi connectivity index (χ1n) is 6.82. The van der Waals surface area contributed by atoms with Crippen LogP contribution in [-0.2, 0) is 11.2 Å². The van der Waals surface area contributed by atoms with Gasteiger partial charge in [0.25, 0.3) is 0 Å². The van der Waals surface area contributed by atoms with Crippen LogP contribution in [0.2, 0.25) is 5.02 Å². The Morgan fingerprint density at radius 3 is 2.64 bits per heavy atom. The first-order valence-corrected chi connectivity index (χ1v) is 7.20. The van der Waals surface area contributed by atoms with E-state index in [-0.39, 0.29) is 6.61 Å². The van der Waals surface area contributed by atoms with Crippen LogP contribution >= 0.6 is 11.6 Å². The van der Waals surface area contributed by atoms with Gasteiger partial charge in [-0.3, -0.25) is 0 Å². The quantitative estimate of drug-likeness (QED) is 0.826. The van der Waals surface area contributed by atoms with Crippen molar-refractivity contribution in [1.82, 2.24) is 0 Å². The van der Waals surface area contributed by atoms with E-state index in [0.29, 0.717) is 22.8 Å². The zero-order chi connectivity index (χ0) is 15.8. The molecule has 4 nitrogen and oxygen atoms in total. The Bertz CT molecular complexity index is 678. The van der Waals surface area contributed by atoms with E-state index in [1.807, 2.05) is 36.4 Å². The van der Waals surface area contributed by atoms with Gasteiger partial charge in [-0.25, -0.2) is 4.79 Å². The Hall–Kier alpha value is -2.51. The topological polar surface area (TPSA) is 62.1 Å². The highest BCUT2D eigenvalue weighted by atomic mass is 35.5. The Balaban J connectivity index is 1.96. The zero-order valence-corrected chi connectivity index (χ0v) is 12.6. The summed E-state index contributed by atoms with van der Waals surface area (Å²) in [7, 11) is 0. The molecular formula is C17H15ClN2O2. The Morgan fingerprint density at radius 1 is 1.18 bits per heavy atom. The molecule has 0 saturated carbocycles. The number of para-hydroxylation sites is 1. The van der Waals surface area contributed by atoms with Crippen LogP contribution in [0.15, 0.2) is 48.5 Å². The number of ether oxygens (including phenoxy) is 1. The second kappa shape index (κ2) is 8.06. The monoisotopic (exact) mass is 314 g/mol. The number of benzene rings is 2. The molecular weight excluding hydrogens is 300 g/mol. The molecule has 0 aliphatic carbocycles. The van der Waals surface area contributed by atoms with Crippen molar-refractivity contribution in [3.63, 3.8) is 0 Å². The molecule has 2 aromatic rings. The second-order valence-corrected chi connectivity index (χ2v) is 5.02. The van der Waals surface area contributed by atoms with Crippen LogP contribution in [0, 0.1) is 11.3 Å². The van der Waals surface area contributed by atoms with E-state index in [1.165, 1.54) is 0 Å². The van der Waals surface area contributed by atoms with Crippen molar-refractivity contribution in [1.29, 1.82) is 5.26 Å². The lowest BCUT2D eigenvalue weighted by molar-refractivity contribution is 0.0556. The number of anilines is 1. The molecule has 0 heterocycles. The van der Waals surface area contributed by atoms with Gasteiger partial charge in [0.05, 0.1) is 5.56 Å². The number of hydrogen-bond donors (Lipinski definition) is 1. The van der Waals surface area contributed by atoms with Gasteiger partial charge < -0.3 is 10.1 Å². The third-order valence-corrected chi connectivity index (χ3v) is 3.31. The predicted molar refractivity (Wildman–Crippen MR) is 86.0 cm³/mol. The van der Waals surface area contributed by atoms with Crippen molar-refractivity contribution in [2.24, 2.45) is 0 Å². The van der Waals surface area contributed by atoms with Crippen molar-refractivity contribution >= 4 is 23.3 Å². The highest BCUT2D eigenvalue weighted by Crippen LogP contribution is 2.16. The van der Waals surface area contributed by atoms with Crippen molar-refractivity contribution in [3.8, 4) is 6.07 Å². The lowest BCUT2D eigenvalue weighted by Gasteiger charge is -2.11. The summed E-state index contributed by atoms with van der Waals surface area (Å²) in [4.78, 5) is 11.9. The van der Waals surface area contributed by atoms with Crippen LogP contribution in [0.25, 0.3) is 0 Å². The summed E-state index contributed by atoms with van der Waals surface area (Å²) < 4.78 is 4.84. The molecule has 22 heavy (non-hydrogen) atoms. The fourth-order valence-corrected chi connectivity index (χ4v) is 2.11. The number of rotatable bonds is 6. The smallest absolute Gasteiger partial charge is 0.341 e. The van der Waals surface area contributed by atoms with Gasteiger partial charge in [0.2, 0.25) is 0 Å². The molecule has 0 atom stereocenters. The van der Waals surface area contributed by atoms with Crippen LogP contribution in [0.1, 0.15) is 15.9 Å². The average Bonchev–Trinajstić information content (AvgIpc) is 2.55. The minimum absolute atomic E-state index is 0.252. The van der Waals surface area contributed by atoms with Gasteiger partial charge >= 0.3 is 5.97 Å². The van der Waals surface area contributed by atoms with Crippen LogP contribution in [0.4, 0.5) is 5.69 Å². The molecule has 0 fully saturated rings. The molecule has 0 aromatic heterocycles. The van der Waals surface area contributed by atoms with Crippen molar-refractivity contribution in [3.05, 3.63) is 64.7 Å². The molecule has 0 bridgehead atoms. The maximum Gasteiger partial charge on any atom is 0.341 e. The van der Waals surface area contributed by atoms with E-state index in [1.54, 1.807) is 18.2 Å². The van der Waals surface area contributed by atoms with Gasteiger partial charge in [-0.1, -0.05) is 35.9 Å². The molecule has 0 aliphatic rings.